The van der Waals surface area contributed by atoms with Crippen LogP contribution in [0.4, 0.5) is 0 Å². The Labute approximate surface area is 87.3 Å². The van der Waals surface area contributed by atoms with Crippen LogP contribution in [-0.2, 0) is 0 Å². The molecule has 0 radical (unpaired) electrons. The first kappa shape index (κ1) is 12.0. The standard InChI is InChI=1S/C12H24O2/c1-3-4-5-11(13)12(14)8-6-10(2)7-9-12/h10-11,13-14H,3-9H2,1-2H3. The van der Waals surface area contributed by atoms with Crippen LogP contribution in [0, 0.1) is 5.92 Å². The molecule has 0 aromatic heterocycles. The normalized spacial score (nSPS) is 35.6. The molecule has 1 fully saturated rings. The van der Waals surface area contributed by atoms with Crippen LogP contribution in [0.1, 0.15) is 58.8 Å². The summed E-state index contributed by atoms with van der Waals surface area (Å²) in [4.78, 5) is 0. The van der Waals surface area contributed by atoms with Crippen LogP contribution in [0.5, 0.6) is 0 Å². The Hall–Kier alpha value is -0.0800. The highest BCUT2D eigenvalue weighted by atomic mass is 16.3. The fourth-order valence-electron chi connectivity index (χ4n) is 2.26. The molecule has 14 heavy (non-hydrogen) atoms. The molecule has 0 aliphatic heterocycles. The number of hydrogen-bond donors (Lipinski definition) is 2. The van der Waals surface area contributed by atoms with E-state index in [9.17, 15) is 10.2 Å². The summed E-state index contributed by atoms with van der Waals surface area (Å²) in [6.45, 7) is 4.33. The van der Waals surface area contributed by atoms with Gasteiger partial charge in [0.25, 0.3) is 0 Å². The van der Waals surface area contributed by atoms with Crippen LogP contribution in [0.25, 0.3) is 0 Å². The fourth-order valence-corrected chi connectivity index (χ4v) is 2.26. The van der Waals surface area contributed by atoms with E-state index in [1.54, 1.807) is 0 Å². The maximum absolute atomic E-state index is 10.2. The first-order valence-corrected chi connectivity index (χ1v) is 5.99. The predicted molar refractivity (Wildman–Crippen MR) is 58.1 cm³/mol. The number of rotatable bonds is 4. The van der Waals surface area contributed by atoms with Crippen LogP contribution >= 0.6 is 0 Å². The van der Waals surface area contributed by atoms with Gasteiger partial charge in [-0.3, -0.25) is 0 Å². The zero-order valence-corrected chi connectivity index (χ0v) is 9.50. The van der Waals surface area contributed by atoms with Crippen molar-refractivity contribution in [2.24, 2.45) is 5.92 Å². The van der Waals surface area contributed by atoms with E-state index in [-0.39, 0.29) is 0 Å². The quantitative estimate of drug-likeness (QED) is 0.732. The second-order valence-corrected chi connectivity index (χ2v) is 4.94. The van der Waals surface area contributed by atoms with Crippen LogP contribution in [0.3, 0.4) is 0 Å². The smallest absolute Gasteiger partial charge is 0.0905 e. The maximum Gasteiger partial charge on any atom is 0.0905 e. The molecule has 2 heteroatoms. The Morgan fingerprint density at radius 1 is 1.36 bits per heavy atom. The lowest BCUT2D eigenvalue weighted by Gasteiger charge is -2.38. The molecule has 0 spiro atoms. The van der Waals surface area contributed by atoms with E-state index in [0.717, 1.165) is 44.9 Å². The van der Waals surface area contributed by atoms with Gasteiger partial charge in [0.15, 0.2) is 0 Å². The van der Waals surface area contributed by atoms with Gasteiger partial charge in [0, 0.05) is 0 Å². The van der Waals surface area contributed by atoms with Crippen molar-refractivity contribution < 1.29 is 10.2 Å². The number of hydrogen-bond acceptors (Lipinski definition) is 2. The van der Waals surface area contributed by atoms with E-state index in [2.05, 4.69) is 13.8 Å². The highest BCUT2D eigenvalue weighted by Crippen LogP contribution is 2.35. The molecule has 2 nitrogen and oxygen atoms in total. The van der Waals surface area contributed by atoms with Crippen molar-refractivity contribution >= 4 is 0 Å². The molecule has 84 valence electrons. The summed E-state index contributed by atoms with van der Waals surface area (Å²) in [5, 5.41) is 20.1. The molecule has 1 atom stereocenters. The van der Waals surface area contributed by atoms with Crippen molar-refractivity contribution in [3.05, 3.63) is 0 Å². The third-order valence-electron chi connectivity index (χ3n) is 3.59. The van der Waals surface area contributed by atoms with Gasteiger partial charge in [0.1, 0.15) is 0 Å². The second-order valence-electron chi connectivity index (χ2n) is 4.94. The summed E-state index contributed by atoms with van der Waals surface area (Å²) < 4.78 is 0. The van der Waals surface area contributed by atoms with Gasteiger partial charge in [-0.1, -0.05) is 26.7 Å². The molecular weight excluding hydrogens is 176 g/mol. The van der Waals surface area contributed by atoms with E-state index in [4.69, 9.17) is 0 Å². The lowest BCUT2D eigenvalue weighted by atomic mass is 9.75. The minimum atomic E-state index is -0.776. The Morgan fingerprint density at radius 3 is 2.43 bits per heavy atom. The third-order valence-corrected chi connectivity index (χ3v) is 3.59. The van der Waals surface area contributed by atoms with Gasteiger partial charge in [0.05, 0.1) is 11.7 Å². The van der Waals surface area contributed by atoms with Gasteiger partial charge in [-0.2, -0.15) is 0 Å². The van der Waals surface area contributed by atoms with Crippen molar-refractivity contribution in [3.8, 4) is 0 Å². The summed E-state index contributed by atoms with van der Waals surface area (Å²) in [7, 11) is 0. The molecule has 0 aromatic carbocycles. The second kappa shape index (κ2) is 5.13. The van der Waals surface area contributed by atoms with Crippen LogP contribution in [0.15, 0.2) is 0 Å². The van der Waals surface area contributed by atoms with Gasteiger partial charge < -0.3 is 10.2 Å². The van der Waals surface area contributed by atoms with E-state index in [0.29, 0.717) is 5.92 Å². The van der Waals surface area contributed by atoms with Gasteiger partial charge in [-0.25, -0.2) is 0 Å². The van der Waals surface area contributed by atoms with Crippen molar-refractivity contribution in [1.82, 2.24) is 0 Å². The minimum absolute atomic E-state index is 0.505. The summed E-state index contributed by atoms with van der Waals surface area (Å²) >= 11 is 0. The summed E-state index contributed by atoms with van der Waals surface area (Å²) in [6.07, 6.45) is 6.01. The van der Waals surface area contributed by atoms with Crippen molar-refractivity contribution in [3.63, 3.8) is 0 Å². The zero-order valence-electron chi connectivity index (χ0n) is 9.50. The highest BCUT2D eigenvalue weighted by molar-refractivity contribution is 4.90. The molecule has 1 aliphatic carbocycles. The van der Waals surface area contributed by atoms with Gasteiger partial charge in [-0.15, -0.1) is 0 Å². The van der Waals surface area contributed by atoms with Gasteiger partial charge in [0.2, 0.25) is 0 Å². The molecule has 0 saturated heterocycles. The first-order chi connectivity index (χ1) is 6.58. The van der Waals surface area contributed by atoms with Gasteiger partial charge >= 0.3 is 0 Å². The van der Waals surface area contributed by atoms with E-state index >= 15 is 0 Å². The number of aliphatic hydroxyl groups excluding tert-OH is 1. The summed E-state index contributed by atoms with van der Waals surface area (Å²) in [5.74, 6) is 0.716. The first-order valence-electron chi connectivity index (χ1n) is 5.99. The molecule has 1 saturated carbocycles. The van der Waals surface area contributed by atoms with Crippen molar-refractivity contribution in [2.45, 2.75) is 70.5 Å². The van der Waals surface area contributed by atoms with E-state index in [1.165, 1.54) is 0 Å². The largest absolute Gasteiger partial charge is 0.390 e. The molecule has 1 rings (SSSR count). The molecule has 0 bridgehead atoms. The molecule has 0 heterocycles. The maximum atomic E-state index is 10.2. The van der Waals surface area contributed by atoms with Crippen molar-refractivity contribution in [1.29, 1.82) is 0 Å². The Bertz CT molecular complexity index is 160. The lowest BCUT2D eigenvalue weighted by Crippen LogP contribution is -2.45. The third kappa shape index (κ3) is 2.96. The minimum Gasteiger partial charge on any atom is -0.390 e. The summed E-state index contributed by atoms with van der Waals surface area (Å²) in [6, 6.07) is 0. The zero-order chi connectivity index (χ0) is 10.6. The van der Waals surface area contributed by atoms with Crippen LogP contribution in [0.2, 0.25) is 0 Å². The highest BCUT2D eigenvalue weighted by Gasteiger charge is 2.37. The van der Waals surface area contributed by atoms with Crippen LogP contribution in [-0.4, -0.2) is 21.9 Å². The molecule has 2 N–H and O–H groups in total. The molecule has 0 amide bonds. The topological polar surface area (TPSA) is 40.5 Å². The van der Waals surface area contributed by atoms with E-state index in [1.807, 2.05) is 0 Å². The summed E-state index contributed by atoms with van der Waals surface area (Å²) in [5.41, 5.74) is -0.776. The molecule has 0 aromatic rings. The molecule has 1 aliphatic rings. The average molecular weight is 200 g/mol. The lowest BCUT2D eigenvalue weighted by molar-refractivity contribution is -0.106. The van der Waals surface area contributed by atoms with Crippen molar-refractivity contribution in [2.75, 3.05) is 0 Å². The SMILES string of the molecule is CCCCC(O)C1(O)CCC(C)CC1. The van der Waals surface area contributed by atoms with Gasteiger partial charge in [-0.05, 0) is 38.0 Å². The Balaban J connectivity index is 2.40. The van der Waals surface area contributed by atoms with Crippen LogP contribution < -0.4 is 0 Å². The molecular formula is C12H24O2. The van der Waals surface area contributed by atoms with E-state index < -0.39 is 11.7 Å². The number of unbranched alkanes of at least 4 members (excludes halogenated alkanes) is 1. The monoisotopic (exact) mass is 200 g/mol. The number of aliphatic hydroxyl groups is 2. The fraction of sp³-hybridized carbons (Fsp3) is 1.00. The Kier molecular flexibility index (Phi) is 4.39. The molecule has 1 unspecified atom stereocenters. The Morgan fingerprint density at radius 2 is 1.93 bits per heavy atom. The average Bonchev–Trinajstić information content (AvgIpc) is 2.19. The predicted octanol–water partition coefficient (Wildman–Crippen LogP) is 2.48.